The molecule has 3 unspecified atom stereocenters. The van der Waals surface area contributed by atoms with E-state index in [0.717, 1.165) is 17.6 Å². The molecule has 0 radical (unpaired) electrons. The molecule has 3 heterocycles. The fourth-order valence-electron chi connectivity index (χ4n) is 3.16. The number of ether oxygens (including phenoxy) is 2. The number of amides is 1. The molecule has 2 aromatic heterocycles. The lowest BCUT2D eigenvalue weighted by molar-refractivity contribution is -0.140. The molecule has 1 saturated heterocycles. The summed E-state index contributed by atoms with van der Waals surface area (Å²) < 4.78 is 44.2. The Morgan fingerprint density at radius 3 is 2.77 bits per heavy atom. The predicted octanol–water partition coefficient (Wildman–Crippen LogP) is 1.62. The van der Waals surface area contributed by atoms with E-state index >= 15 is 0 Å². The van der Waals surface area contributed by atoms with Crippen molar-refractivity contribution in [1.29, 1.82) is 0 Å². The molecular formula is C19H17F2N3O7. The van der Waals surface area contributed by atoms with E-state index in [-0.39, 0.29) is 12.4 Å². The Labute approximate surface area is 172 Å². The van der Waals surface area contributed by atoms with Gasteiger partial charge in [0, 0.05) is 11.6 Å². The van der Waals surface area contributed by atoms with Gasteiger partial charge in [-0.3, -0.25) is 9.88 Å². The Morgan fingerprint density at radius 2 is 2.10 bits per heavy atom. The maximum atomic E-state index is 14.2. The highest BCUT2D eigenvalue weighted by Crippen LogP contribution is 2.41. The summed E-state index contributed by atoms with van der Waals surface area (Å²) in [5.41, 5.74) is -0.531. The van der Waals surface area contributed by atoms with Crippen molar-refractivity contribution in [3.05, 3.63) is 58.8 Å². The van der Waals surface area contributed by atoms with Crippen LogP contribution in [0.2, 0.25) is 0 Å². The first-order valence-corrected chi connectivity index (χ1v) is 9.12. The average molecular weight is 437 g/mol. The number of rotatable bonds is 5. The molecule has 1 aliphatic heterocycles. The second-order valence-electron chi connectivity index (χ2n) is 6.78. The normalized spacial score (nSPS) is 22.5. The van der Waals surface area contributed by atoms with Crippen molar-refractivity contribution >= 4 is 22.9 Å². The van der Waals surface area contributed by atoms with E-state index in [1.165, 1.54) is 0 Å². The molecule has 0 saturated carbocycles. The van der Waals surface area contributed by atoms with Crippen molar-refractivity contribution in [3.63, 3.8) is 0 Å². The second kappa shape index (κ2) is 8.06. The van der Waals surface area contributed by atoms with E-state index < -0.39 is 42.7 Å². The Balaban J connectivity index is 1.41. The van der Waals surface area contributed by atoms with Gasteiger partial charge in [0.15, 0.2) is 12.7 Å². The summed E-state index contributed by atoms with van der Waals surface area (Å²) in [5.74, 6) is -3.67. The van der Waals surface area contributed by atoms with Gasteiger partial charge in [-0.1, -0.05) is 18.2 Å². The minimum atomic E-state index is -3.83. The van der Waals surface area contributed by atoms with Crippen LogP contribution >= 0.6 is 0 Å². The number of hydrogen-bond donors (Lipinski definition) is 3. The van der Waals surface area contributed by atoms with Gasteiger partial charge in [-0.2, -0.15) is 13.8 Å². The lowest BCUT2D eigenvalue weighted by Gasteiger charge is -2.21. The quantitative estimate of drug-likeness (QED) is 0.548. The molecule has 1 aromatic carbocycles. The van der Waals surface area contributed by atoms with Crippen molar-refractivity contribution in [2.45, 2.75) is 31.0 Å². The van der Waals surface area contributed by atoms with Crippen LogP contribution in [0.25, 0.3) is 11.0 Å². The van der Waals surface area contributed by atoms with Crippen LogP contribution in [-0.4, -0.2) is 50.6 Å². The lowest BCUT2D eigenvalue weighted by atomic mass is 10.1. The number of carbonyl (C=O) groups is 1. The molecule has 3 atom stereocenters. The minimum Gasteiger partial charge on any atom is -0.457 e. The van der Waals surface area contributed by atoms with Crippen LogP contribution in [-0.2, 0) is 16.1 Å². The molecule has 10 nitrogen and oxygen atoms in total. The van der Waals surface area contributed by atoms with E-state index in [1.807, 2.05) is 12.1 Å². The van der Waals surface area contributed by atoms with E-state index in [2.05, 4.69) is 10.3 Å². The molecule has 4 rings (SSSR count). The first-order valence-electron chi connectivity index (χ1n) is 9.12. The number of halogens is 2. The van der Waals surface area contributed by atoms with Gasteiger partial charge >= 0.3 is 17.7 Å². The zero-order valence-electron chi connectivity index (χ0n) is 15.8. The van der Waals surface area contributed by atoms with Gasteiger partial charge < -0.3 is 24.1 Å². The first-order chi connectivity index (χ1) is 14.8. The third-order valence-corrected chi connectivity index (χ3v) is 4.69. The van der Waals surface area contributed by atoms with Gasteiger partial charge in [0.1, 0.15) is 23.3 Å². The molecule has 164 valence electrons. The number of fused-ring (bicyclic) bond motifs is 1. The number of benzene rings is 1. The number of anilines is 1. The van der Waals surface area contributed by atoms with Crippen LogP contribution in [0.4, 0.5) is 19.4 Å². The summed E-state index contributed by atoms with van der Waals surface area (Å²) in [6, 6.07) is 10.0. The monoisotopic (exact) mass is 437 g/mol. The highest BCUT2D eigenvalue weighted by molar-refractivity contribution is 5.83. The van der Waals surface area contributed by atoms with E-state index in [9.17, 15) is 23.5 Å². The number of nitrogens with zero attached hydrogens (tertiary/aromatic N) is 2. The summed E-state index contributed by atoms with van der Waals surface area (Å²) in [5, 5.41) is 21.6. The topological polar surface area (TPSA) is 136 Å². The summed E-state index contributed by atoms with van der Waals surface area (Å²) in [4.78, 5) is 27.6. The molecule has 12 heteroatoms. The van der Waals surface area contributed by atoms with Crippen molar-refractivity contribution < 1.29 is 37.7 Å². The van der Waals surface area contributed by atoms with Crippen molar-refractivity contribution in [2.75, 3.05) is 11.9 Å². The smallest absolute Gasteiger partial charge is 0.413 e. The molecule has 0 bridgehead atoms. The second-order valence-corrected chi connectivity index (χ2v) is 6.78. The van der Waals surface area contributed by atoms with Gasteiger partial charge in [-0.05, 0) is 18.2 Å². The fraction of sp³-hybridized carbons (Fsp3) is 0.316. The zero-order valence-corrected chi connectivity index (χ0v) is 15.8. The molecule has 0 spiro atoms. The van der Waals surface area contributed by atoms with Gasteiger partial charge in [-0.25, -0.2) is 9.59 Å². The van der Waals surface area contributed by atoms with Crippen molar-refractivity contribution in [2.24, 2.45) is 0 Å². The number of alkyl halides is 2. The van der Waals surface area contributed by atoms with Crippen LogP contribution in [0.5, 0.6) is 0 Å². The van der Waals surface area contributed by atoms with E-state index in [0.29, 0.717) is 15.9 Å². The summed E-state index contributed by atoms with van der Waals surface area (Å²) in [7, 11) is 0. The predicted molar refractivity (Wildman–Crippen MR) is 100 cm³/mol. The summed E-state index contributed by atoms with van der Waals surface area (Å²) in [6.07, 6.45) is -6.02. The summed E-state index contributed by atoms with van der Waals surface area (Å²) in [6.45, 7) is -1.04. The van der Waals surface area contributed by atoms with Gasteiger partial charge in [0.25, 0.3) is 0 Å². The molecule has 3 aromatic rings. The summed E-state index contributed by atoms with van der Waals surface area (Å²) >= 11 is 0. The number of aliphatic hydroxyl groups is 2. The fourth-order valence-corrected chi connectivity index (χ4v) is 3.16. The molecular weight excluding hydrogens is 420 g/mol. The molecule has 1 fully saturated rings. The van der Waals surface area contributed by atoms with E-state index in [4.69, 9.17) is 19.0 Å². The van der Waals surface area contributed by atoms with Gasteiger partial charge in [0.05, 0.1) is 6.61 Å². The van der Waals surface area contributed by atoms with Crippen LogP contribution < -0.4 is 11.0 Å². The number of aliphatic hydroxyl groups excluding tert-OH is 2. The molecule has 1 aliphatic rings. The Morgan fingerprint density at radius 1 is 1.32 bits per heavy atom. The Kier molecular flexibility index (Phi) is 5.43. The maximum Gasteiger partial charge on any atom is 0.413 e. The molecule has 3 N–H and O–H groups in total. The average Bonchev–Trinajstić information content (AvgIpc) is 3.25. The largest absolute Gasteiger partial charge is 0.457 e. The number of hydrogen-bond acceptors (Lipinski definition) is 8. The Hall–Kier alpha value is -3.35. The minimum absolute atomic E-state index is 0.180. The molecule has 31 heavy (non-hydrogen) atoms. The van der Waals surface area contributed by atoms with Crippen LogP contribution in [0.1, 0.15) is 12.0 Å². The number of aromatic nitrogens is 2. The SMILES string of the molecule is O=C(Nc1ccn(C2OC(CO)C(O)C2(F)F)c(=O)n1)OCc1cc2ccccc2o1. The van der Waals surface area contributed by atoms with Crippen molar-refractivity contribution in [3.8, 4) is 0 Å². The van der Waals surface area contributed by atoms with Crippen LogP contribution in [0.15, 0.2) is 51.8 Å². The molecule has 1 amide bonds. The van der Waals surface area contributed by atoms with E-state index in [1.54, 1.807) is 18.2 Å². The standard InChI is InChI=1S/C19H17F2N3O7/c20-19(21)15(26)13(8-25)31-16(19)24-6-5-14(22-17(24)27)23-18(28)29-9-11-7-10-3-1-2-4-12(10)30-11/h1-7,13,15-16,25-26H,8-9H2,(H,22,23,27,28). The third-order valence-electron chi connectivity index (χ3n) is 4.69. The van der Waals surface area contributed by atoms with Crippen LogP contribution in [0, 0.1) is 0 Å². The molecule has 0 aliphatic carbocycles. The number of nitrogens with one attached hydrogen (secondary N) is 1. The number of para-hydroxylation sites is 1. The van der Waals surface area contributed by atoms with Crippen molar-refractivity contribution in [1.82, 2.24) is 9.55 Å². The lowest BCUT2D eigenvalue weighted by Crippen LogP contribution is -2.41. The maximum absolute atomic E-state index is 14.2. The number of carbonyl (C=O) groups excluding carboxylic acids is 1. The number of furan rings is 1. The highest BCUT2D eigenvalue weighted by Gasteiger charge is 2.59. The van der Waals surface area contributed by atoms with Gasteiger partial charge in [0.2, 0.25) is 6.23 Å². The van der Waals surface area contributed by atoms with Gasteiger partial charge in [-0.15, -0.1) is 0 Å². The highest BCUT2D eigenvalue weighted by atomic mass is 19.3. The zero-order chi connectivity index (χ0) is 22.2. The first kappa shape index (κ1) is 20.9. The third kappa shape index (κ3) is 4.00. The van der Waals surface area contributed by atoms with Crippen LogP contribution in [0.3, 0.4) is 0 Å². The Bertz CT molecular complexity index is 1130.